The summed E-state index contributed by atoms with van der Waals surface area (Å²) in [5.41, 5.74) is 0. The summed E-state index contributed by atoms with van der Waals surface area (Å²) in [5, 5.41) is 15.0. The molecular formula is C13H19N5. The summed E-state index contributed by atoms with van der Waals surface area (Å²) >= 11 is 0. The normalized spacial score (nSPS) is 14.7. The van der Waals surface area contributed by atoms with E-state index in [4.69, 9.17) is 5.26 Å². The van der Waals surface area contributed by atoms with Crippen molar-refractivity contribution in [3.8, 4) is 6.07 Å². The van der Waals surface area contributed by atoms with Crippen LogP contribution in [0.3, 0.4) is 0 Å². The molecule has 1 aliphatic rings. The van der Waals surface area contributed by atoms with Gasteiger partial charge in [0.2, 0.25) is 0 Å². The van der Waals surface area contributed by atoms with Crippen LogP contribution in [0.15, 0.2) is 6.07 Å². The summed E-state index contributed by atoms with van der Waals surface area (Å²) in [4.78, 5) is 8.66. The van der Waals surface area contributed by atoms with Crippen molar-refractivity contribution in [2.75, 3.05) is 23.7 Å². The number of nitriles is 1. The van der Waals surface area contributed by atoms with Gasteiger partial charge in [0, 0.05) is 19.2 Å². The molecule has 0 amide bonds. The first kappa shape index (κ1) is 12.6. The maximum Gasteiger partial charge on any atom is 0.131 e. The molecule has 0 unspecified atom stereocenters. The van der Waals surface area contributed by atoms with Gasteiger partial charge < -0.3 is 10.6 Å². The van der Waals surface area contributed by atoms with Crippen LogP contribution >= 0.6 is 0 Å². The topological polar surface area (TPSA) is 73.6 Å². The van der Waals surface area contributed by atoms with Gasteiger partial charge in [0.1, 0.15) is 17.5 Å². The summed E-state index contributed by atoms with van der Waals surface area (Å²) in [6.45, 7) is 3.49. The van der Waals surface area contributed by atoms with E-state index in [1.54, 1.807) is 0 Å². The first-order valence-electron chi connectivity index (χ1n) is 6.48. The Hall–Kier alpha value is -1.83. The minimum absolute atomic E-state index is 0.480. The predicted molar refractivity (Wildman–Crippen MR) is 71.3 cm³/mol. The van der Waals surface area contributed by atoms with Crippen molar-refractivity contribution in [2.24, 2.45) is 5.92 Å². The van der Waals surface area contributed by atoms with Gasteiger partial charge in [0.15, 0.2) is 0 Å². The van der Waals surface area contributed by atoms with Crippen molar-refractivity contribution in [3.05, 3.63) is 11.9 Å². The highest BCUT2D eigenvalue weighted by Crippen LogP contribution is 2.26. The number of aromatic nitrogens is 2. The predicted octanol–water partition coefficient (Wildman–Crippen LogP) is 2.32. The molecule has 2 N–H and O–H groups in total. The molecule has 5 nitrogen and oxygen atoms in total. The highest BCUT2D eigenvalue weighted by atomic mass is 15.1. The van der Waals surface area contributed by atoms with Crippen LogP contribution in [0.25, 0.3) is 0 Å². The van der Waals surface area contributed by atoms with E-state index in [9.17, 15) is 0 Å². The fraction of sp³-hybridized carbons (Fsp3) is 0.615. The maximum absolute atomic E-state index is 8.50. The molecule has 1 heterocycles. The second-order valence-corrected chi connectivity index (χ2v) is 4.70. The van der Waals surface area contributed by atoms with Crippen LogP contribution in [0.2, 0.25) is 0 Å². The van der Waals surface area contributed by atoms with Crippen LogP contribution in [0.5, 0.6) is 0 Å². The SMILES string of the molecule is Cc1nc(NCCC#N)cc(NCC2CCC2)n1. The lowest BCUT2D eigenvalue weighted by Gasteiger charge is -2.25. The summed E-state index contributed by atoms with van der Waals surface area (Å²) in [5.74, 6) is 3.20. The average Bonchev–Trinajstić information content (AvgIpc) is 2.26. The molecule has 0 aliphatic heterocycles. The summed E-state index contributed by atoms with van der Waals surface area (Å²) in [6, 6.07) is 4.01. The number of rotatable bonds is 6. The molecule has 0 saturated heterocycles. The molecule has 1 aromatic rings. The molecular weight excluding hydrogens is 226 g/mol. The molecule has 18 heavy (non-hydrogen) atoms. The Bertz CT molecular complexity index is 433. The Labute approximate surface area is 108 Å². The van der Waals surface area contributed by atoms with Gasteiger partial charge in [-0.05, 0) is 25.7 Å². The second kappa shape index (κ2) is 6.20. The fourth-order valence-corrected chi connectivity index (χ4v) is 1.94. The minimum Gasteiger partial charge on any atom is -0.370 e. The maximum atomic E-state index is 8.50. The Morgan fingerprint density at radius 1 is 1.33 bits per heavy atom. The van der Waals surface area contributed by atoms with Crippen molar-refractivity contribution in [2.45, 2.75) is 32.6 Å². The van der Waals surface area contributed by atoms with Crippen molar-refractivity contribution in [1.29, 1.82) is 5.26 Å². The Kier molecular flexibility index (Phi) is 4.35. The highest BCUT2D eigenvalue weighted by molar-refractivity contribution is 5.47. The molecule has 1 fully saturated rings. The quantitative estimate of drug-likeness (QED) is 0.752. The van der Waals surface area contributed by atoms with E-state index in [1.165, 1.54) is 19.3 Å². The molecule has 5 heteroatoms. The van der Waals surface area contributed by atoms with Crippen molar-refractivity contribution < 1.29 is 0 Å². The fourth-order valence-electron chi connectivity index (χ4n) is 1.94. The van der Waals surface area contributed by atoms with Gasteiger partial charge in [0.25, 0.3) is 0 Å². The molecule has 2 rings (SSSR count). The summed E-state index contributed by atoms with van der Waals surface area (Å²) < 4.78 is 0. The Balaban J connectivity index is 1.90. The zero-order chi connectivity index (χ0) is 12.8. The van der Waals surface area contributed by atoms with Crippen LogP contribution in [0.1, 0.15) is 31.5 Å². The van der Waals surface area contributed by atoms with Gasteiger partial charge in [-0.2, -0.15) is 5.26 Å². The number of hydrogen-bond donors (Lipinski definition) is 2. The molecule has 0 atom stereocenters. The van der Waals surface area contributed by atoms with Crippen molar-refractivity contribution >= 4 is 11.6 Å². The zero-order valence-electron chi connectivity index (χ0n) is 10.7. The van der Waals surface area contributed by atoms with E-state index in [0.29, 0.717) is 13.0 Å². The molecule has 0 aromatic carbocycles. The Morgan fingerprint density at radius 2 is 2.06 bits per heavy atom. The van der Waals surface area contributed by atoms with E-state index in [1.807, 2.05) is 13.0 Å². The van der Waals surface area contributed by atoms with Crippen LogP contribution in [0, 0.1) is 24.2 Å². The monoisotopic (exact) mass is 245 g/mol. The van der Waals surface area contributed by atoms with E-state index in [2.05, 4.69) is 26.7 Å². The minimum atomic E-state index is 0.480. The first-order chi connectivity index (χ1) is 8.78. The number of nitrogens with zero attached hydrogens (tertiary/aromatic N) is 3. The van der Waals surface area contributed by atoms with Crippen LogP contribution in [-0.4, -0.2) is 23.1 Å². The van der Waals surface area contributed by atoms with Crippen LogP contribution in [-0.2, 0) is 0 Å². The number of hydrogen-bond acceptors (Lipinski definition) is 5. The molecule has 0 radical (unpaired) electrons. The van der Waals surface area contributed by atoms with E-state index < -0.39 is 0 Å². The van der Waals surface area contributed by atoms with E-state index in [0.717, 1.165) is 29.9 Å². The zero-order valence-corrected chi connectivity index (χ0v) is 10.7. The standard InChI is InChI=1S/C13H19N5/c1-10-17-12(15-7-3-6-14)8-13(18-10)16-9-11-4-2-5-11/h8,11H,2-5,7,9H2,1H3,(H2,15,16,17,18). The smallest absolute Gasteiger partial charge is 0.131 e. The van der Waals surface area contributed by atoms with Gasteiger partial charge in [0.05, 0.1) is 12.5 Å². The summed E-state index contributed by atoms with van der Waals surface area (Å²) in [7, 11) is 0. The largest absolute Gasteiger partial charge is 0.370 e. The van der Waals surface area contributed by atoms with Gasteiger partial charge in [-0.15, -0.1) is 0 Å². The first-order valence-corrected chi connectivity index (χ1v) is 6.48. The lowest BCUT2D eigenvalue weighted by atomic mass is 9.85. The van der Waals surface area contributed by atoms with Gasteiger partial charge >= 0.3 is 0 Å². The number of anilines is 2. The van der Waals surface area contributed by atoms with E-state index >= 15 is 0 Å². The average molecular weight is 245 g/mol. The van der Waals surface area contributed by atoms with Crippen LogP contribution in [0.4, 0.5) is 11.6 Å². The third-order valence-electron chi connectivity index (χ3n) is 3.18. The van der Waals surface area contributed by atoms with Gasteiger partial charge in [-0.3, -0.25) is 0 Å². The lowest BCUT2D eigenvalue weighted by Crippen LogP contribution is -2.21. The van der Waals surface area contributed by atoms with Crippen molar-refractivity contribution in [1.82, 2.24) is 9.97 Å². The third kappa shape index (κ3) is 3.59. The van der Waals surface area contributed by atoms with Gasteiger partial charge in [-0.25, -0.2) is 9.97 Å². The highest BCUT2D eigenvalue weighted by Gasteiger charge is 2.17. The summed E-state index contributed by atoms with van der Waals surface area (Å²) in [6.07, 6.45) is 4.48. The van der Waals surface area contributed by atoms with Gasteiger partial charge in [-0.1, -0.05) is 6.42 Å². The third-order valence-corrected chi connectivity index (χ3v) is 3.18. The number of aryl methyl sites for hydroxylation is 1. The molecule has 1 aliphatic carbocycles. The van der Waals surface area contributed by atoms with E-state index in [-0.39, 0.29) is 0 Å². The molecule has 0 spiro atoms. The second-order valence-electron chi connectivity index (χ2n) is 4.70. The Morgan fingerprint density at radius 3 is 2.67 bits per heavy atom. The molecule has 0 bridgehead atoms. The molecule has 1 saturated carbocycles. The molecule has 96 valence electrons. The van der Waals surface area contributed by atoms with Crippen LogP contribution < -0.4 is 10.6 Å². The van der Waals surface area contributed by atoms with Crippen molar-refractivity contribution in [3.63, 3.8) is 0 Å². The lowest BCUT2D eigenvalue weighted by molar-refractivity contribution is 0.333. The molecule has 1 aromatic heterocycles. The number of nitrogens with one attached hydrogen (secondary N) is 2.